The van der Waals surface area contributed by atoms with Gasteiger partial charge in [-0.3, -0.25) is 4.79 Å². The van der Waals surface area contributed by atoms with E-state index in [0.717, 1.165) is 23.9 Å². The van der Waals surface area contributed by atoms with Gasteiger partial charge in [0.1, 0.15) is 0 Å². The number of aromatic nitrogens is 3. The Kier molecular flexibility index (Phi) is 6.39. The molecule has 0 saturated carbocycles. The minimum absolute atomic E-state index is 0.0510. The van der Waals surface area contributed by atoms with Crippen molar-refractivity contribution in [2.24, 2.45) is 0 Å². The molecule has 6 nitrogen and oxygen atoms in total. The molecule has 152 valence electrons. The van der Waals surface area contributed by atoms with Crippen LogP contribution in [-0.4, -0.2) is 38.5 Å². The highest BCUT2D eigenvalue weighted by Crippen LogP contribution is 2.25. The summed E-state index contributed by atoms with van der Waals surface area (Å²) in [6, 6.07) is 10.2. The van der Waals surface area contributed by atoms with Gasteiger partial charge in [-0.25, -0.2) is 13.5 Å². The molecule has 0 aliphatic heterocycles. The lowest BCUT2D eigenvalue weighted by Crippen LogP contribution is -2.31. The Hall–Kier alpha value is -2.65. The summed E-state index contributed by atoms with van der Waals surface area (Å²) in [7, 11) is 1.60. The first-order valence-electron chi connectivity index (χ1n) is 8.57. The van der Waals surface area contributed by atoms with Gasteiger partial charge < -0.3 is 10.7 Å². The number of nitrogens with zero attached hydrogens (tertiary/aromatic N) is 4. The average Bonchev–Trinajstić information content (AvgIpc) is 3.07. The fourth-order valence-electron chi connectivity index (χ4n) is 2.64. The van der Waals surface area contributed by atoms with Crippen LogP contribution in [0.3, 0.4) is 0 Å². The van der Waals surface area contributed by atoms with E-state index in [1.165, 1.54) is 15.6 Å². The topological polar surface area (TPSA) is 77.0 Å². The molecular formula is C19H18ClF2N5OS. The van der Waals surface area contributed by atoms with Crippen molar-refractivity contribution in [1.82, 2.24) is 19.8 Å². The minimum Gasteiger partial charge on any atom is -0.338 e. The fourth-order valence-corrected chi connectivity index (χ4v) is 3.61. The molecule has 0 aliphatic rings. The molecule has 3 rings (SSSR count). The Morgan fingerprint density at radius 3 is 2.69 bits per heavy atom. The van der Waals surface area contributed by atoms with Crippen LogP contribution < -0.4 is 5.84 Å². The van der Waals surface area contributed by atoms with Gasteiger partial charge in [0.2, 0.25) is 11.1 Å². The van der Waals surface area contributed by atoms with E-state index >= 15 is 0 Å². The highest BCUT2D eigenvalue weighted by atomic mass is 35.5. The SMILES string of the molecule is CC(c1ccc(F)c(F)c1)N(C)C(=O)CSc1nnc(-c2cccc(Cl)c2)n1N. The van der Waals surface area contributed by atoms with Gasteiger partial charge in [0.15, 0.2) is 17.5 Å². The molecule has 1 unspecified atom stereocenters. The number of nitrogens with two attached hydrogens (primary N) is 1. The third-order valence-electron chi connectivity index (χ3n) is 4.47. The zero-order valence-electron chi connectivity index (χ0n) is 15.6. The highest BCUT2D eigenvalue weighted by molar-refractivity contribution is 7.99. The number of hydrogen-bond acceptors (Lipinski definition) is 5. The summed E-state index contributed by atoms with van der Waals surface area (Å²) < 4.78 is 27.9. The van der Waals surface area contributed by atoms with Gasteiger partial charge in [0.25, 0.3) is 0 Å². The van der Waals surface area contributed by atoms with Gasteiger partial charge in [-0.1, -0.05) is 41.6 Å². The maximum absolute atomic E-state index is 13.5. The van der Waals surface area contributed by atoms with Crippen molar-refractivity contribution in [1.29, 1.82) is 0 Å². The van der Waals surface area contributed by atoms with Crippen molar-refractivity contribution in [2.75, 3.05) is 18.6 Å². The van der Waals surface area contributed by atoms with Crippen molar-refractivity contribution in [3.63, 3.8) is 0 Å². The van der Waals surface area contributed by atoms with Crippen LogP contribution in [0.4, 0.5) is 8.78 Å². The van der Waals surface area contributed by atoms with E-state index in [1.54, 1.807) is 38.2 Å². The minimum atomic E-state index is -0.950. The molecule has 29 heavy (non-hydrogen) atoms. The van der Waals surface area contributed by atoms with Crippen molar-refractivity contribution in [3.8, 4) is 11.4 Å². The Bertz CT molecular complexity index is 1050. The molecule has 0 aliphatic carbocycles. The number of rotatable bonds is 6. The summed E-state index contributed by atoms with van der Waals surface area (Å²) in [6.07, 6.45) is 0. The van der Waals surface area contributed by atoms with Gasteiger partial charge in [-0.15, -0.1) is 10.2 Å². The van der Waals surface area contributed by atoms with Crippen LogP contribution in [0.5, 0.6) is 0 Å². The van der Waals surface area contributed by atoms with E-state index in [9.17, 15) is 13.6 Å². The molecule has 1 aromatic heterocycles. The second kappa shape index (κ2) is 8.79. The molecule has 0 fully saturated rings. The summed E-state index contributed by atoms with van der Waals surface area (Å²) in [5.74, 6) is 4.43. The predicted molar refractivity (Wildman–Crippen MR) is 109 cm³/mol. The molecule has 1 heterocycles. The number of benzene rings is 2. The smallest absolute Gasteiger partial charge is 0.233 e. The van der Waals surface area contributed by atoms with Gasteiger partial charge >= 0.3 is 0 Å². The Labute approximate surface area is 175 Å². The first-order valence-corrected chi connectivity index (χ1v) is 9.94. The first kappa shape index (κ1) is 21.1. The van der Waals surface area contributed by atoms with Gasteiger partial charge in [-0.05, 0) is 36.8 Å². The summed E-state index contributed by atoms with van der Waals surface area (Å²) in [6.45, 7) is 1.73. The van der Waals surface area contributed by atoms with E-state index < -0.39 is 17.7 Å². The van der Waals surface area contributed by atoms with Gasteiger partial charge in [0.05, 0.1) is 11.8 Å². The van der Waals surface area contributed by atoms with Crippen LogP contribution in [0, 0.1) is 11.6 Å². The van der Waals surface area contributed by atoms with Crippen LogP contribution in [0.25, 0.3) is 11.4 Å². The number of halogens is 3. The molecule has 1 amide bonds. The van der Waals surface area contributed by atoms with Crippen molar-refractivity contribution < 1.29 is 13.6 Å². The van der Waals surface area contributed by atoms with Crippen LogP contribution >= 0.6 is 23.4 Å². The first-order chi connectivity index (χ1) is 13.8. The number of carbonyl (C=O) groups excluding carboxylic acids is 1. The molecule has 0 radical (unpaired) electrons. The molecule has 10 heteroatoms. The number of nitrogen functional groups attached to an aromatic ring is 1. The van der Waals surface area contributed by atoms with Crippen LogP contribution in [0.15, 0.2) is 47.6 Å². The molecule has 2 N–H and O–H groups in total. The zero-order valence-corrected chi connectivity index (χ0v) is 17.2. The largest absolute Gasteiger partial charge is 0.338 e. The van der Waals surface area contributed by atoms with Crippen molar-refractivity contribution >= 4 is 29.3 Å². The van der Waals surface area contributed by atoms with Crippen molar-refractivity contribution in [3.05, 3.63) is 64.7 Å². The highest BCUT2D eigenvalue weighted by Gasteiger charge is 2.20. The predicted octanol–water partition coefficient (Wildman–Crippen LogP) is 3.90. The third-order valence-corrected chi connectivity index (χ3v) is 5.64. The number of hydrogen-bond donors (Lipinski definition) is 1. The zero-order chi connectivity index (χ0) is 21.1. The molecular weight excluding hydrogens is 420 g/mol. The Balaban J connectivity index is 1.66. The Morgan fingerprint density at radius 2 is 2.00 bits per heavy atom. The number of amides is 1. The molecule has 3 aromatic rings. The number of thioether (sulfide) groups is 1. The summed E-state index contributed by atoms with van der Waals surface area (Å²) in [4.78, 5) is 14.0. The Morgan fingerprint density at radius 1 is 1.24 bits per heavy atom. The quantitative estimate of drug-likeness (QED) is 0.467. The van der Waals surface area contributed by atoms with E-state index in [4.69, 9.17) is 17.4 Å². The lowest BCUT2D eigenvalue weighted by molar-refractivity contribution is -0.128. The standard InChI is InChI=1S/C19H18ClF2N5OS/c1-11(12-6-7-15(21)16(22)9-12)26(2)17(28)10-29-19-25-24-18(27(19)23)13-4-3-5-14(20)8-13/h3-9,11H,10,23H2,1-2H3. The molecule has 1 atom stereocenters. The maximum Gasteiger partial charge on any atom is 0.233 e. The maximum atomic E-state index is 13.5. The average molecular weight is 438 g/mol. The van der Waals surface area contributed by atoms with Crippen LogP contribution in [0.2, 0.25) is 5.02 Å². The monoisotopic (exact) mass is 437 g/mol. The van der Waals surface area contributed by atoms with E-state index in [1.807, 2.05) is 0 Å². The normalized spacial score (nSPS) is 12.0. The molecule has 0 spiro atoms. The second-order valence-electron chi connectivity index (χ2n) is 6.33. The summed E-state index contributed by atoms with van der Waals surface area (Å²) >= 11 is 7.12. The number of carbonyl (C=O) groups is 1. The van der Waals surface area contributed by atoms with E-state index in [-0.39, 0.29) is 11.7 Å². The van der Waals surface area contributed by atoms with Crippen LogP contribution in [-0.2, 0) is 4.79 Å². The molecule has 0 bridgehead atoms. The molecule has 2 aromatic carbocycles. The third kappa shape index (κ3) is 4.68. The summed E-state index contributed by atoms with van der Waals surface area (Å²) in [5, 5.41) is 8.99. The summed E-state index contributed by atoms with van der Waals surface area (Å²) in [5.41, 5.74) is 1.20. The lowest BCUT2D eigenvalue weighted by Gasteiger charge is -2.25. The van der Waals surface area contributed by atoms with Gasteiger partial charge in [0, 0.05) is 17.6 Å². The van der Waals surface area contributed by atoms with Crippen LogP contribution in [0.1, 0.15) is 18.5 Å². The fraction of sp³-hybridized carbons (Fsp3) is 0.211. The van der Waals surface area contributed by atoms with E-state index in [0.29, 0.717) is 27.1 Å². The molecule has 0 saturated heterocycles. The van der Waals surface area contributed by atoms with Gasteiger partial charge in [-0.2, -0.15) is 0 Å². The van der Waals surface area contributed by atoms with E-state index in [2.05, 4.69) is 10.2 Å². The second-order valence-corrected chi connectivity index (χ2v) is 7.71. The lowest BCUT2D eigenvalue weighted by atomic mass is 10.1. The van der Waals surface area contributed by atoms with Crippen molar-refractivity contribution in [2.45, 2.75) is 18.1 Å².